The van der Waals surface area contributed by atoms with Crippen molar-refractivity contribution in [3.63, 3.8) is 0 Å². The Kier molecular flexibility index (Phi) is 5.47. The van der Waals surface area contributed by atoms with Crippen molar-refractivity contribution in [3.8, 4) is 0 Å². The number of fused-ring (bicyclic) bond motifs is 1. The highest BCUT2D eigenvalue weighted by molar-refractivity contribution is 5.87. The molecule has 0 bridgehead atoms. The quantitative estimate of drug-likeness (QED) is 0.708. The summed E-state index contributed by atoms with van der Waals surface area (Å²) in [5.74, 6) is 0.0359. The van der Waals surface area contributed by atoms with E-state index < -0.39 is 0 Å². The summed E-state index contributed by atoms with van der Waals surface area (Å²) in [6.45, 7) is 1.82. The lowest BCUT2D eigenvalue weighted by Gasteiger charge is -2.13. The number of amides is 1. The third-order valence-electron chi connectivity index (χ3n) is 5.07. The van der Waals surface area contributed by atoms with Gasteiger partial charge < -0.3 is 15.4 Å². The minimum atomic E-state index is -0.194. The van der Waals surface area contributed by atoms with Crippen LogP contribution in [-0.4, -0.2) is 24.6 Å². The summed E-state index contributed by atoms with van der Waals surface area (Å²) in [6.07, 6.45) is 0.771. The molecule has 0 aliphatic carbocycles. The van der Waals surface area contributed by atoms with Crippen LogP contribution >= 0.6 is 0 Å². The molecule has 1 saturated heterocycles. The minimum absolute atomic E-state index is 0.0359. The van der Waals surface area contributed by atoms with E-state index in [1.54, 1.807) is 0 Å². The second kappa shape index (κ2) is 8.33. The standard InChI is InChI=1S/C23H24N2O2/c26-23(25-14-19-11-6-10-18-9-4-5-12-21(18)19)22-13-20(15-24-22)27-16-17-7-2-1-3-8-17/h1-12,20,22,24H,13-16H2,(H,25,26)/t20-,22?/m1/s1. The van der Waals surface area contributed by atoms with Crippen LogP contribution in [0.1, 0.15) is 17.5 Å². The number of ether oxygens (including phenoxy) is 1. The summed E-state index contributed by atoms with van der Waals surface area (Å²) >= 11 is 0. The van der Waals surface area contributed by atoms with Crippen LogP contribution in [0.25, 0.3) is 10.8 Å². The van der Waals surface area contributed by atoms with Gasteiger partial charge in [0.1, 0.15) is 0 Å². The molecular weight excluding hydrogens is 336 g/mol. The van der Waals surface area contributed by atoms with E-state index in [0.717, 1.165) is 11.1 Å². The Morgan fingerprint density at radius 1 is 1.00 bits per heavy atom. The number of nitrogens with one attached hydrogen (secondary N) is 2. The first-order valence-electron chi connectivity index (χ1n) is 9.43. The van der Waals surface area contributed by atoms with Gasteiger partial charge >= 0.3 is 0 Å². The van der Waals surface area contributed by atoms with Crippen LogP contribution in [0.15, 0.2) is 72.8 Å². The molecule has 4 heteroatoms. The number of benzene rings is 3. The molecule has 0 aromatic heterocycles. The van der Waals surface area contributed by atoms with Gasteiger partial charge in [-0.05, 0) is 28.3 Å². The topological polar surface area (TPSA) is 50.4 Å². The fraction of sp³-hybridized carbons (Fsp3) is 0.261. The van der Waals surface area contributed by atoms with Crippen molar-refractivity contribution in [2.24, 2.45) is 0 Å². The first-order valence-corrected chi connectivity index (χ1v) is 9.43. The predicted molar refractivity (Wildman–Crippen MR) is 107 cm³/mol. The third kappa shape index (κ3) is 4.35. The summed E-state index contributed by atoms with van der Waals surface area (Å²) in [7, 11) is 0. The molecule has 1 heterocycles. The van der Waals surface area contributed by atoms with Crippen molar-refractivity contribution in [3.05, 3.63) is 83.9 Å². The highest BCUT2D eigenvalue weighted by Gasteiger charge is 2.29. The maximum Gasteiger partial charge on any atom is 0.237 e. The molecule has 4 nitrogen and oxygen atoms in total. The molecule has 1 amide bonds. The smallest absolute Gasteiger partial charge is 0.237 e. The van der Waals surface area contributed by atoms with E-state index in [9.17, 15) is 4.79 Å². The van der Waals surface area contributed by atoms with E-state index >= 15 is 0 Å². The van der Waals surface area contributed by atoms with Gasteiger partial charge in [0.2, 0.25) is 5.91 Å². The van der Waals surface area contributed by atoms with E-state index in [2.05, 4.69) is 47.0 Å². The molecule has 1 fully saturated rings. The average molecular weight is 360 g/mol. The van der Waals surface area contributed by atoms with Crippen molar-refractivity contribution >= 4 is 16.7 Å². The van der Waals surface area contributed by atoms with E-state index in [1.807, 2.05) is 36.4 Å². The lowest BCUT2D eigenvalue weighted by Crippen LogP contribution is -2.40. The van der Waals surface area contributed by atoms with Crippen LogP contribution in [-0.2, 0) is 22.7 Å². The maximum atomic E-state index is 12.5. The zero-order chi connectivity index (χ0) is 18.5. The van der Waals surface area contributed by atoms with Gasteiger partial charge in [-0.1, -0.05) is 72.8 Å². The Labute approximate surface area is 159 Å². The summed E-state index contributed by atoms with van der Waals surface area (Å²) in [5.41, 5.74) is 2.29. The molecular formula is C23H24N2O2. The fourth-order valence-electron chi connectivity index (χ4n) is 3.57. The normalized spacial score (nSPS) is 19.3. The fourth-order valence-corrected chi connectivity index (χ4v) is 3.57. The molecule has 0 saturated carbocycles. The first kappa shape index (κ1) is 17.7. The van der Waals surface area contributed by atoms with E-state index in [4.69, 9.17) is 4.74 Å². The number of carbonyl (C=O) groups is 1. The van der Waals surface area contributed by atoms with E-state index in [0.29, 0.717) is 26.1 Å². The molecule has 1 aliphatic rings. The van der Waals surface area contributed by atoms with Crippen molar-refractivity contribution in [2.45, 2.75) is 31.7 Å². The van der Waals surface area contributed by atoms with Gasteiger partial charge in [0.25, 0.3) is 0 Å². The van der Waals surface area contributed by atoms with Crippen LogP contribution in [0, 0.1) is 0 Å². The van der Waals surface area contributed by atoms with Gasteiger partial charge in [-0.15, -0.1) is 0 Å². The van der Waals surface area contributed by atoms with E-state index in [1.165, 1.54) is 10.8 Å². The van der Waals surface area contributed by atoms with Crippen molar-refractivity contribution in [1.29, 1.82) is 0 Å². The lowest BCUT2D eigenvalue weighted by atomic mass is 10.0. The molecule has 1 unspecified atom stereocenters. The third-order valence-corrected chi connectivity index (χ3v) is 5.07. The molecule has 138 valence electrons. The lowest BCUT2D eigenvalue weighted by molar-refractivity contribution is -0.123. The van der Waals surface area contributed by atoms with Crippen LogP contribution in [0.3, 0.4) is 0 Å². The SMILES string of the molecule is O=C(NCc1cccc2ccccc12)C1C[C@@H](OCc2ccccc2)CN1. The maximum absolute atomic E-state index is 12.5. The van der Waals surface area contributed by atoms with Gasteiger partial charge in [0.15, 0.2) is 0 Å². The molecule has 3 aromatic rings. The molecule has 2 atom stereocenters. The van der Waals surface area contributed by atoms with Gasteiger partial charge in [0, 0.05) is 13.1 Å². The Hall–Kier alpha value is -2.69. The van der Waals surface area contributed by atoms with Crippen molar-refractivity contribution < 1.29 is 9.53 Å². The summed E-state index contributed by atoms with van der Waals surface area (Å²) in [6, 6.07) is 24.4. The zero-order valence-corrected chi connectivity index (χ0v) is 15.2. The van der Waals surface area contributed by atoms with Crippen LogP contribution in [0.4, 0.5) is 0 Å². The molecule has 4 rings (SSSR count). The highest BCUT2D eigenvalue weighted by atomic mass is 16.5. The number of hydrogen-bond acceptors (Lipinski definition) is 3. The summed E-state index contributed by atoms with van der Waals surface area (Å²) < 4.78 is 5.95. The number of rotatable bonds is 6. The number of hydrogen-bond donors (Lipinski definition) is 2. The summed E-state index contributed by atoms with van der Waals surface area (Å²) in [5, 5.41) is 8.73. The largest absolute Gasteiger partial charge is 0.372 e. The van der Waals surface area contributed by atoms with Gasteiger partial charge in [-0.2, -0.15) is 0 Å². The molecule has 3 aromatic carbocycles. The second-order valence-corrected chi connectivity index (χ2v) is 6.97. The van der Waals surface area contributed by atoms with Crippen LogP contribution in [0.2, 0.25) is 0 Å². The first-order chi connectivity index (χ1) is 13.3. The second-order valence-electron chi connectivity index (χ2n) is 6.97. The number of carbonyl (C=O) groups excluding carboxylic acids is 1. The van der Waals surface area contributed by atoms with Crippen molar-refractivity contribution in [2.75, 3.05) is 6.54 Å². The Bertz CT molecular complexity index is 905. The van der Waals surface area contributed by atoms with Gasteiger partial charge in [-0.3, -0.25) is 4.79 Å². The van der Waals surface area contributed by atoms with Crippen molar-refractivity contribution in [1.82, 2.24) is 10.6 Å². The van der Waals surface area contributed by atoms with Gasteiger partial charge in [-0.25, -0.2) is 0 Å². The molecule has 27 heavy (non-hydrogen) atoms. The van der Waals surface area contributed by atoms with Gasteiger partial charge in [0.05, 0.1) is 18.8 Å². The predicted octanol–water partition coefficient (Wildman–Crippen LogP) is 3.40. The molecule has 0 radical (unpaired) electrons. The zero-order valence-electron chi connectivity index (χ0n) is 15.2. The highest BCUT2D eigenvalue weighted by Crippen LogP contribution is 2.19. The van der Waals surface area contributed by atoms with Crippen LogP contribution < -0.4 is 10.6 Å². The van der Waals surface area contributed by atoms with Crippen LogP contribution in [0.5, 0.6) is 0 Å². The molecule has 0 spiro atoms. The average Bonchev–Trinajstić information content (AvgIpc) is 3.20. The van der Waals surface area contributed by atoms with E-state index in [-0.39, 0.29) is 18.1 Å². The molecule has 2 N–H and O–H groups in total. The monoisotopic (exact) mass is 360 g/mol. The summed E-state index contributed by atoms with van der Waals surface area (Å²) in [4.78, 5) is 12.5. The Morgan fingerprint density at radius 3 is 2.67 bits per heavy atom. The Morgan fingerprint density at radius 2 is 1.78 bits per heavy atom. The molecule has 1 aliphatic heterocycles. The minimum Gasteiger partial charge on any atom is -0.372 e. The Balaban J connectivity index is 1.29.